The molecule has 3 heterocycles. The van der Waals surface area contributed by atoms with Crippen LogP contribution >= 0.6 is 11.3 Å². The van der Waals surface area contributed by atoms with Crippen LogP contribution in [0.2, 0.25) is 0 Å². The number of rotatable bonds is 6. The fraction of sp³-hybridized carbons (Fsp3) is 0.548. The summed E-state index contributed by atoms with van der Waals surface area (Å²) in [6.07, 6.45) is 10.2. The number of hydrogen-bond donors (Lipinski definition) is 1. The molecule has 40 heavy (non-hydrogen) atoms. The number of imidazole rings is 1. The molecule has 2 saturated carbocycles. The first-order chi connectivity index (χ1) is 19.1. The van der Waals surface area contributed by atoms with E-state index >= 15 is 0 Å². The Bertz CT molecular complexity index is 1430. The molecule has 1 N–H and O–H groups in total. The van der Waals surface area contributed by atoms with E-state index in [1.165, 1.54) is 0 Å². The molecule has 1 amide bonds. The van der Waals surface area contributed by atoms with Gasteiger partial charge in [-0.1, -0.05) is 18.8 Å². The van der Waals surface area contributed by atoms with Gasteiger partial charge in [-0.15, -0.1) is 16.4 Å². The second-order valence-corrected chi connectivity index (χ2v) is 13.3. The van der Waals surface area contributed by atoms with Crippen LogP contribution in [0.1, 0.15) is 93.6 Å². The van der Waals surface area contributed by atoms with Gasteiger partial charge in [0.1, 0.15) is 11.0 Å². The summed E-state index contributed by atoms with van der Waals surface area (Å²) in [5.74, 6) is 6.49. The number of carbonyl (C=O) groups is 2. The van der Waals surface area contributed by atoms with Crippen LogP contribution in [0.15, 0.2) is 30.6 Å². The van der Waals surface area contributed by atoms with Crippen molar-refractivity contribution in [2.45, 2.75) is 91.2 Å². The molecule has 0 bridgehead atoms. The van der Waals surface area contributed by atoms with Crippen LogP contribution in [-0.2, 0) is 4.79 Å². The third kappa shape index (κ3) is 6.49. The number of thiophene rings is 1. The molecule has 0 spiro atoms. The van der Waals surface area contributed by atoms with Crippen molar-refractivity contribution in [1.29, 1.82) is 0 Å². The van der Waals surface area contributed by atoms with Gasteiger partial charge in [0.2, 0.25) is 11.8 Å². The van der Waals surface area contributed by atoms with E-state index in [0.29, 0.717) is 22.4 Å². The number of nitrogens with zero attached hydrogens (tertiary/aromatic N) is 4. The summed E-state index contributed by atoms with van der Waals surface area (Å²) in [5, 5.41) is 14.6. The molecule has 0 atom stereocenters. The Morgan fingerprint density at radius 1 is 1.10 bits per heavy atom. The Hall–Kier alpha value is -3.38. The monoisotopic (exact) mass is 562 g/mol. The molecule has 3 aromatic rings. The fourth-order valence-corrected chi connectivity index (χ4v) is 6.52. The number of anilines is 1. The highest BCUT2D eigenvalue weighted by molar-refractivity contribution is 7.15. The normalized spacial score (nSPS) is 23.3. The van der Waals surface area contributed by atoms with Gasteiger partial charge < -0.3 is 14.7 Å². The summed E-state index contributed by atoms with van der Waals surface area (Å²) in [5.41, 5.74) is 1.05. The van der Waals surface area contributed by atoms with Gasteiger partial charge in [0.25, 0.3) is 0 Å². The van der Waals surface area contributed by atoms with Gasteiger partial charge in [0, 0.05) is 35.8 Å². The molecule has 0 aliphatic heterocycles. The molecule has 2 fully saturated rings. The highest BCUT2D eigenvalue weighted by Gasteiger charge is 2.38. The van der Waals surface area contributed by atoms with E-state index in [2.05, 4.69) is 28.8 Å². The summed E-state index contributed by atoms with van der Waals surface area (Å²) >= 11 is 1.16. The molecule has 9 heteroatoms. The summed E-state index contributed by atoms with van der Waals surface area (Å²) in [4.78, 5) is 33.4. The third-order valence-electron chi connectivity index (χ3n) is 7.86. The number of carbonyl (C=O) groups excluding carboxylic acids is 1. The van der Waals surface area contributed by atoms with Crippen LogP contribution in [0, 0.1) is 29.1 Å². The minimum atomic E-state index is -1.02. The van der Waals surface area contributed by atoms with E-state index in [1.54, 1.807) is 16.9 Å². The van der Waals surface area contributed by atoms with Gasteiger partial charge in [-0.3, -0.25) is 4.79 Å². The first-order valence-electron chi connectivity index (χ1n) is 14.3. The highest BCUT2D eigenvalue weighted by atomic mass is 32.1. The molecular formula is C31H38N4O4S. The summed E-state index contributed by atoms with van der Waals surface area (Å²) in [6.45, 7) is 8.31. The molecule has 0 saturated heterocycles. The van der Waals surface area contributed by atoms with Gasteiger partial charge in [-0.2, -0.15) is 0 Å². The number of hydrogen-bond acceptors (Lipinski definition) is 6. The van der Waals surface area contributed by atoms with Crippen molar-refractivity contribution in [2.24, 2.45) is 17.3 Å². The smallest absolute Gasteiger partial charge is 0.348 e. The second kappa shape index (κ2) is 11.6. The van der Waals surface area contributed by atoms with Crippen molar-refractivity contribution < 1.29 is 19.4 Å². The van der Waals surface area contributed by atoms with Gasteiger partial charge in [-0.05, 0) is 90.2 Å². The van der Waals surface area contributed by atoms with Crippen LogP contribution in [0.4, 0.5) is 5.69 Å². The minimum absolute atomic E-state index is 0.0214. The maximum Gasteiger partial charge on any atom is 0.348 e. The number of aromatic carboxylic acids is 1. The zero-order valence-corrected chi connectivity index (χ0v) is 24.5. The molecule has 0 unspecified atom stereocenters. The summed E-state index contributed by atoms with van der Waals surface area (Å²) in [6, 6.07) is 5.44. The van der Waals surface area contributed by atoms with Gasteiger partial charge >= 0.3 is 5.97 Å². The number of amides is 1. The lowest BCUT2D eigenvalue weighted by atomic mass is 9.81. The van der Waals surface area contributed by atoms with Gasteiger partial charge in [-0.25, -0.2) is 14.3 Å². The quantitative estimate of drug-likeness (QED) is 0.348. The molecule has 3 aromatic heterocycles. The predicted octanol–water partition coefficient (Wildman–Crippen LogP) is 6.44. The zero-order valence-electron chi connectivity index (χ0n) is 23.7. The lowest BCUT2D eigenvalue weighted by molar-refractivity contribution is -0.124. The number of carboxylic acids is 1. The van der Waals surface area contributed by atoms with E-state index < -0.39 is 5.97 Å². The lowest BCUT2D eigenvalue weighted by Crippen LogP contribution is -2.47. The Morgan fingerprint density at radius 2 is 1.82 bits per heavy atom. The summed E-state index contributed by atoms with van der Waals surface area (Å²) < 4.78 is 7.90. The van der Waals surface area contributed by atoms with E-state index in [4.69, 9.17) is 4.74 Å². The molecule has 212 valence electrons. The Morgan fingerprint density at radius 3 is 2.50 bits per heavy atom. The molecule has 5 rings (SSSR count). The molecule has 0 aromatic carbocycles. The molecule has 8 nitrogen and oxygen atoms in total. The SMILES string of the molecule is CC1CCC(C(=O)N(c2cc(C#CC(C)(C)C)sc2C(=O)O)[C@H]2CC[C@H](Oc3ccc4nccn4n3)CC2)CC1. The van der Waals surface area contributed by atoms with Crippen LogP contribution in [0.3, 0.4) is 0 Å². The van der Waals surface area contributed by atoms with Crippen molar-refractivity contribution in [3.05, 3.63) is 40.3 Å². The van der Waals surface area contributed by atoms with E-state index in [0.717, 1.165) is 68.4 Å². The van der Waals surface area contributed by atoms with Gasteiger partial charge in [0.15, 0.2) is 5.65 Å². The maximum atomic E-state index is 14.1. The molecule has 2 aliphatic carbocycles. The van der Waals surface area contributed by atoms with Crippen molar-refractivity contribution >= 4 is 34.5 Å². The number of fused-ring (bicyclic) bond motifs is 1. The van der Waals surface area contributed by atoms with Gasteiger partial charge in [0.05, 0.1) is 10.6 Å². The molecule has 0 radical (unpaired) electrons. The second-order valence-electron chi connectivity index (χ2n) is 12.2. The van der Waals surface area contributed by atoms with Crippen LogP contribution in [0.5, 0.6) is 5.88 Å². The fourth-order valence-electron chi connectivity index (χ4n) is 5.68. The average molecular weight is 563 g/mol. The minimum Gasteiger partial charge on any atom is -0.477 e. The maximum absolute atomic E-state index is 14.1. The molecular weight excluding hydrogens is 524 g/mol. The topological polar surface area (TPSA) is 97.0 Å². The van der Waals surface area contributed by atoms with Crippen molar-refractivity contribution in [2.75, 3.05) is 4.90 Å². The molecule has 2 aliphatic rings. The highest BCUT2D eigenvalue weighted by Crippen LogP contribution is 2.39. The Balaban J connectivity index is 1.39. The third-order valence-corrected chi connectivity index (χ3v) is 8.88. The number of carboxylic acid groups (broad SMARTS) is 1. The zero-order chi connectivity index (χ0) is 28.4. The Labute approximate surface area is 239 Å². The number of ether oxygens (including phenoxy) is 1. The lowest BCUT2D eigenvalue weighted by Gasteiger charge is -2.39. The average Bonchev–Trinajstić information content (AvgIpc) is 3.56. The largest absolute Gasteiger partial charge is 0.477 e. The standard InChI is InChI=1S/C31H38N4O4S/c1-20-5-7-21(8-6-20)29(36)35(25-19-24(15-16-31(2,3)4)40-28(25)30(37)38)22-9-11-23(12-10-22)39-27-14-13-26-32-17-18-34(26)33-27/h13-14,17-23H,5-12H2,1-4H3,(H,37,38)/t20?,21?,22-,23-. The van der Waals surface area contributed by atoms with Crippen LogP contribution < -0.4 is 9.64 Å². The first-order valence-corrected chi connectivity index (χ1v) is 15.1. The first kappa shape index (κ1) is 28.2. The van der Waals surface area contributed by atoms with Crippen molar-refractivity contribution in [1.82, 2.24) is 14.6 Å². The van der Waals surface area contributed by atoms with Crippen molar-refractivity contribution in [3.63, 3.8) is 0 Å². The van der Waals surface area contributed by atoms with Crippen molar-refractivity contribution in [3.8, 4) is 17.7 Å². The van der Waals surface area contributed by atoms with E-state index in [1.807, 2.05) is 43.9 Å². The van der Waals surface area contributed by atoms with E-state index in [9.17, 15) is 14.7 Å². The number of aromatic nitrogens is 3. The Kier molecular flexibility index (Phi) is 8.18. The van der Waals surface area contributed by atoms with Crippen LogP contribution in [0.25, 0.3) is 5.65 Å². The summed E-state index contributed by atoms with van der Waals surface area (Å²) in [7, 11) is 0. The predicted molar refractivity (Wildman–Crippen MR) is 156 cm³/mol. The van der Waals surface area contributed by atoms with E-state index in [-0.39, 0.29) is 34.3 Å². The van der Waals surface area contributed by atoms with Crippen LogP contribution in [-0.4, -0.2) is 43.7 Å².